The zero-order valence-corrected chi connectivity index (χ0v) is 9.03. The summed E-state index contributed by atoms with van der Waals surface area (Å²) in [6.07, 6.45) is 0.741. The lowest BCUT2D eigenvalue weighted by atomic mass is 9.84. The third-order valence-electron chi connectivity index (χ3n) is 2.52. The summed E-state index contributed by atoms with van der Waals surface area (Å²) in [5.41, 5.74) is 6.98. The van der Waals surface area contributed by atoms with E-state index in [1.54, 1.807) is 11.3 Å². The van der Waals surface area contributed by atoms with Gasteiger partial charge in [0.15, 0.2) is 0 Å². The van der Waals surface area contributed by atoms with Crippen molar-refractivity contribution in [2.45, 2.75) is 25.7 Å². The van der Waals surface area contributed by atoms with Gasteiger partial charge in [-0.15, -0.1) is 11.3 Å². The van der Waals surface area contributed by atoms with Crippen LogP contribution in [-0.2, 0) is 5.41 Å². The van der Waals surface area contributed by atoms with Crippen LogP contribution in [0, 0.1) is 6.92 Å². The maximum atomic E-state index is 8.97. The first kappa shape index (κ1) is 10.7. The molecule has 1 aromatic heterocycles. The van der Waals surface area contributed by atoms with Gasteiger partial charge in [0.2, 0.25) is 0 Å². The molecule has 0 bridgehead atoms. The molecule has 0 saturated carbocycles. The van der Waals surface area contributed by atoms with Crippen molar-refractivity contribution in [3.05, 3.63) is 21.9 Å². The number of aliphatic hydroxyl groups excluding tert-OH is 1. The van der Waals surface area contributed by atoms with Crippen LogP contribution in [0.3, 0.4) is 0 Å². The first-order valence-electron chi connectivity index (χ1n) is 4.49. The highest BCUT2D eigenvalue weighted by atomic mass is 32.1. The molecule has 1 unspecified atom stereocenters. The van der Waals surface area contributed by atoms with Crippen LogP contribution in [0.15, 0.2) is 11.4 Å². The van der Waals surface area contributed by atoms with Gasteiger partial charge >= 0.3 is 0 Å². The van der Waals surface area contributed by atoms with Crippen LogP contribution >= 0.6 is 11.3 Å². The monoisotopic (exact) mass is 199 g/mol. The maximum absolute atomic E-state index is 8.97. The highest BCUT2D eigenvalue weighted by molar-refractivity contribution is 7.10. The van der Waals surface area contributed by atoms with E-state index in [9.17, 15) is 0 Å². The van der Waals surface area contributed by atoms with Crippen LogP contribution in [0.2, 0.25) is 0 Å². The average molecular weight is 199 g/mol. The van der Waals surface area contributed by atoms with E-state index < -0.39 is 0 Å². The Balaban J connectivity index is 2.95. The minimum atomic E-state index is -0.0486. The summed E-state index contributed by atoms with van der Waals surface area (Å²) in [7, 11) is 0. The minimum Gasteiger partial charge on any atom is -0.396 e. The number of aliphatic hydroxyl groups is 1. The molecule has 0 amide bonds. The van der Waals surface area contributed by atoms with E-state index in [4.69, 9.17) is 10.8 Å². The van der Waals surface area contributed by atoms with Gasteiger partial charge in [-0.2, -0.15) is 0 Å². The van der Waals surface area contributed by atoms with Gasteiger partial charge in [0.1, 0.15) is 0 Å². The van der Waals surface area contributed by atoms with Crippen LogP contribution in [0.25, 0.3) is 0 Å². The van der Waals surface area contributed by atoms with Gasteiger partial charge in [0, 0.05) is 23.4 Å². The van der Waals surface area contributed by atoms with Crippen LogP contribution in [-0.4, -0.2) is 18.3 Å². The molecule has 0 fully saturated rings. The molecule has 1 rings (SSSR count). The van der Waals surface area contributed by atoms with Gasteiger partial charge in [0.05, 0.1) is 0 Å². The Morgan fingerprint density at radius 2 is 2.31 bits per heavy atom. The normalized spacial score (nSPS) is 15.7. The predicted octanol–water partition coefficient (Wildman–Crippen LogP) is 1.66. The molecule has 13 heavy (non-hydrogen) atoms. The topological polar surface area (TPSA) is 46.2 Å². The van der Waals surface area contributed by atoms with Crippen molar-refractivity contribution in [1.29, 1.82) is 0 Å². The molecule has 1 atom stereocenters. The lowest BCUT2D eigenvalue weighted by Crippen LogP contribution is -2.32. The van der Waals surface area contributed by atoms with Crippen molar-refractivity contribution in [3.8, 4) is 0 Å². The van der Waals surface area contributed by atoms with Crippen molar-refractivity contribution >= 4 is 11.3 Å². The van der Waals surface area contributed by atoms with Gasteiger partial charge in [-0.05, 0) is 30.4 Å². The third-order valence-corrected chi connectivity index (χ3v) is 3.85. The third kappa shape index (κ3) is 2.10. The Morgan fingerprint density at radius 1 is 1.62 bits per heavy atom. The van der Waals surface area contributed by atoms with Crippen molar-refractivity contribution in [2.24, 2.45) is 5.73 Å². The van der Waals surface area contributed by atoms with Gasteiger partial charge in [-0.1, -0.05) is 6.92 Å². The zero-order chi connectivity index (χ0) is 9.90. The number of aryl methyl sites for hydroxylation is 1. The molecule has 3 heteroatoms. The zero-order valence-electron chi connectivity index (χ0n) is 8.21. The fraction of sp³-hybridized carbons (Fsp3) is 0.600. The molecular formula is C10H17NOS. The number of hydrogen-bond acceptors (Lipinski definition) is 3. The maximum Gasteiger partial charge on any atom is 0.0440 e. The van der Waals surface area contributed by atoms with E-state index in [1.165, 1.54) is 10.4 Å². The van der Waals surface area contributed by atoms with Crippen LogP contribution < -0.4 is 5.73 Å². The van der Waals surface area contributed by atoms with Crippen LogP contribution in [0.5, 0.6) is 0 Å². The lowest BCUT2D eigenvalue weighted by molar-refractivity contribution is 0.248. The first-order valence-corrected chi connectivity index (χ1v) is 5.37. The first-order chi connectivity index (χ1) is 6.14. The van der Waals surface area contributed by atoms with Gasteiger partial charge in [-0.3, -0.25) is 0 Å². The molecule has 0 saturated heterocycles. The Morgan fingerprint density at radius 3 is 2.69 bits per heavy atom. The smallest absolute Gasteiger partial charge is 0.0440 e. The van der Waals surface area contributed by atoms with Crippen molar-refractivity contribution in [2.75, 3.05) is 13.2 Å². The SMILES string of the molecule is Cc1ccsc1C(C)(CN)CCO. The molecular weight excluding hydrogens is 182 g/mol. The van der Waals surface area contributed by atoms with Crippen molar-refractivity contribution in [3.63, 3.8) is 0 Å². The van der Waals surface area contributed by atoms with E-state index in [0.29, 0.717) is 6.54 Å². The molecule has 0 spiro atoms. The molecule has 0 radical (unpaired) electrons. The van der Waals surface area contributed by atoms with Crippen molar-refractivity contribution < 1.29 is 5.11 Å². The summed E-state index contributed by atoms with van der Waals surface area (Å²) in [4.78, 5) is 1.31. The Bertz CT molecular complexity index is 272. The largest absolute Gasteiger partial charge is 0.396 e. The number of hydrogen-bond donors (Lipinski definition) is 2. The Labute approximate surface area is 83.4 Å². The van der Waals surface area contributed by atoms with Crippen LogP contribution in [0.4, 0.5) is 0 Å². The van der Waals surface area contributed by atoms with E-state index >= 15 is 0 Å². The molecule has 1 heterocycles. The standard InChI is InChI=1S/C10H17NOS/c1-8-3-6-13-9(8)10(2,7-11)4-5-12/h3,6,12H,4-5,7,11H2,1-2H3. The average Bonchev–Trinajstić information content (AvgIpc) is 2.52. The second-order valence-electron chi connectivity index (χ2n) is 3.67. The number of nitrogens with two attached hydrogens (primary N) is 1. The quantitative estimate of drug-likeness (QED) is 0.774. The molecule has 1 aromatic rings. The fourth-order valence-corrected chi connectivity index (χ4v) is 2.68. The van der Waals surface area contributed by atoms with Gasteiger partial charge < -0.3 is 10.8 Å². The highest BCUT2D eigenvalue weighted by Gasteiger charge is 2.26. The lowest BCUT2D eigenvalue weighted by Gasteiger charge is -2.26. The summed E-state index contributed by atoms with van der Waals surface area (Å²) < 4.78 is 0. The second-order valence-corrected chi connectivity index (χ2v) is 4.59. The fourth-order valence-electron chi connectivity index (χ4n) is 1.55. The minimum absolute atomic E-state index is 0.0486. The Hall–Kier alpha value is -0.380. The van der Waals surface area contributed by atoms with Crippen molar-refractivity contribution in [1.82, 2.24) is 0 Å². The molecule has 0 aromatic carbocycles. The summed E-state index contributed by atoms with van der Waals surface area (Å²) in [6.45, 7) is 5.00. The summed E-state index contributed by atoms with van der Waals surface area (Å²) >= 11 is 1.73. The molecule has 0 aliphatic carbocycles. The van der Waals surface area contributed by atoms with E-state index in [2.05, 4.69) is 25.3 Å². The molecule has 2 nitrogen and oxygen atoms in total. The highest BCUT2D eigenvalue weighted by Crippen LogP contribution is 2.32. The van der Waals surface area contributed by atoms with E-state index in [0.717, 1.165) is 6.42 Å². The Kier molecular flexibility index (Phi) is 3.47. The summed E-state index contributed by atoms with van der Waals surface area (Å²) in [5, 5.41) is 11.1. The van der Waals surface area contributed by atoms with Gasteiger partial charge in [-0.25, -0.2) is 0 Å². The summed E-state index contributed by atoms with van der Waals surface area (Å²) in [6, 6.07) is 2.10. The number of rotatable bonds is 4. The molecule has 0 aliphatic rings. The molecule has 74 valence electrons. The second kappa shape index (κ2) is 4.22. The van der Waals surface area contributed by atoms with Gasteiger partial charge in [0.25, 0.3) is 0 Å². The molecule has 0 aliphatic heterocycles. The van der Waals surface area contributed by atoms with Crippen LogP contribution in [0.1, 0.15) is 23.8 Å². The predicted molar refractivity (Wildman–Crippen MR) is 57.2 cm³/mol. The van der Waals surface area contributed by atoms with E-state index in [-0.39, 0.29) is 12.0 Å². The molecule has 3 N–H and O–H groups in total. The van der Waals surface area contributed by atoms with E-state index in [1.807, 2.05) is 0 Å². The number of thiophene rings is 1. The summed E-state index contributed by atoms with van der Waals surface area (Å²) in [5.74, 6) is 0.